The van der Waals surface area contributed by atoms with Crippen LogP contribution in [0.3, 0.4) is 0 Å². The molecule has 0 aliphatic carbocycles. The highest BCUT2D eigenvalue weighted by Gasteiger charge is 2.24. The molecular weight excluding hydrogens is 298 g/mol. The van der Waals surface area contributed by atoms with Gasteiger partial charge in [0.1, 0.15) is 10.6 Å². The number of hydrogen-bond acceptors (Lipinski definition) is 6. The molecule has 1 unspecified atom stereocenters. The van der Waals surface area contributed by atoms with Gasteiger partial charge in [0, 0.05) is 24.7 Å². The van der Waals surface area contributed by atoms with Gasteiger partial charge in [-0.05, 0) is 12.0 Å². The molecule has 0 fully saturated rings. The van der Waals surface area contributed by atoms with Crippen molar-refractivity contribution in [3.05, 3.63) is 28.3 Å². The predicted molar refractivity (Wildman–Crippen MR) is 77.7 cm³/mol. The predicted octanol–water partition coefficient (Wildman–Crippen LogP) is 0.865. The van der Waals surface area contributed by atoms with Crippen LogP contribution in [-0.2, 0) is 10.0 Å². The fraction of sp³-hybridized carbons (Fsp3) is 0.500. The number of nitro benzene ring substituents is 1. The fourth-order valence-corrected chi connectivity index (χ4v) is 2.77. The van der Waals surface area contributed by atoms with Crippen LogP contribution in [0.5, 0.6) is 5.75 Å². The molecule has 1 aromatic rings. The van der Waals surface area contributed by atoms with E-state index in [1.54, 1.807) is 0 Å². The summed E-state index contributed by atoms with van der Waals surface area (Å²) in [5, 5.41) is 10.8. The highest BCUT2D eigenvalue weighted by atomic mass is 32.2. The molecule has 21 heavy (non-hydrogen) atoms. The molecule has 1 aromatic carbocycles. The molecule has 0 heterocycles. The summed E-state index contributed by atoms with van der Waals surface area (Å²) in [5.41, 5.74) is 5.45. The highest BCUT2D eigenvalue weighted by Crippen LogP contribution is 2.27. The Morgan fingerprint density at radius 2 is 2.05 bits per heavy atom. The lowest BCUT2D eigenvalue weighted by molar-refractivity contribution is -0.385. The second-order valence-electron chi connectivity index (χ2n) is 4.85. The quantitative estimate of drug-likeness (QED) is 0.568. The van der Waals surface area contributed by atoms with Crippen molar-refractivity contribution in [3.8, 4) is 5.75 Å². The zero-order valence-electron chi connectivity index (χ0n) is 12.1. The lowest BCUT2D eigenvalue weighted by Crippen LogP contribution is -2.40. The van der Waals surface area contributed by atoms with Gasteiger partial charge in [-0.25, -0.2) is 13.1 Å². The molecule has 0 radical (unpaired) electrons. The van der Waals surface area contributed by atoms with Crippen molar-refractivity contribution in [1.82, 2.24) is 4.72 Å². The molecule has 0 amide bonds. The summed E-state index contributed by atoms with van der Waals surface area (Å²) in [6.07, 6.45) is 0. The lowest BCUT2D eigenvalue weighted by atomic mass is 10.1. The van der Waals surface area contributed by atoms with Gasteiger partial charge in [-0.15, -0.1) is 0 Å². The number of rotatable bonds is 7. The van der Waals surface area contributed by atoms with E-state index in [0.717, 1.165) is 6.07 Å². The number of nitro groups is 1. The normalized spacial score (nSPS) is 13.2. The van der Waals surface area contributed by atoms with Crippen LogP contribution >= 0.6 is 0 Å². The van der Waals surface area contributed by atoms with E-state index in [4.69, 9.17) is 10.5 Å². The van der Waals surface area contributed by atoms with Gasteiger partial charge in [0.2, 0.25) is 10.0 Å². The van der Waals surface area contributed by atoms with Crippen LogP contribution in [-0.4, -0.2) is 33.0 Å². The highest BCUT2D eigenvalue weighted by molar-refractivity contribution is 7.89. The third kappa shape index (κ3) is 4.38. The number of sulfonamides is 1. The number of nitrogens with zero attached hydrogens (tertiary/aromatic N) is 1. The van der Waals surface area contributed by atoms with Crippen LogP contribution in [0.4, 0.5) is 5.69 Å². The number of benzene rings is 1. The molecule has 9 heteroatoms. The molecule has 0 bridgehead atoms. The number of non-ortho nitro benzene ring substituents is 1. The molecule has 0 aliphatic rings. The zero-order valence-corrected chi connectivity index (χ0v) is 12.9. The molecular formula is C12H19N3O5S. The van der Waals surface area contributed by atoms with Gasteiger partial charge in [0.15, 0.2) is 0 Å². The van der Waals surface area contributed by atoms with Crippen LogP contribution in [0.1, 0.15) is 13.8 Å². The molecule has 0 aromatic heterocycles. The van der Waals surface area contributed by atoms with Crippen LogP contribution in [0.2, 0.25) is 0 Å². The fourth-order valence-electron chi connectivity index (χ4n) is 1.51. The van der Waals surface area contributed by atoms with Crippen molar-refractivity contribution in [2.24, 2.45) is 11.7 Å². The number of ether oxygens (including phenoxy) is 1. The van der Waals surface area contributed by atoms with E-state index in [9.17, 15) is 18.5 Å². The molecule has 0 saturated heterocycles. The van der Waals surface area contributed by atoms with Crippen molar-refractivity contribution in [2.75, 3.05) is 13.7 Å². The van der Waals surface area contributed by atoms with Crippen LogP contribution in [0.15, 0.2) is 23.1 Å². The molecule has 1 atom stereocenters. The van der Waals surface area contributed by atoms with Crippen LogP contribution in [0, 0.1) is 16.0 Å². The summed E-state index contributed by atoms with van der Waals surface area (Å²) in [6, 6.07) is 3.03. The van der Waals surface area contributed by atoms with Gasteiger partial charge in [-0.2, -0.15) is 0 Å². The molecule has 3 N–H and O–H groups in total. The maximum absolute atomic E-state index is 12.2. The van der Waals surface area contributed by atoms with Crippen LogP contribution in [0.25, 0.3) is 0 Å². The minimum atomic E-state index is -3.95. The second kappa shape index (κ2) is 6.83. The summed E-state index contributed by atoms with van der Waals surface area (Å²) >= 11 is 0. The van der Waals surface area contributed by atoms with Crippen molar-refractivity contribution in [1.29, 1.82) is 0 Å². The van der Waals surface area contributed by atoms with Crippen molar-refractivity contribution < 1.29 is 18.1 Å². The maximum atomic E-state index is 12.2. The molecule has 1 rings (SSSR count). The third-order valence-electron chi connectivity index (χ3n) is 3.01. The second-order valence-corrected chi connectivity index (χ2v) is 6.59. The average Bonchev–Trinajstić information content (AvgIpc) is 2.43. The number of nitrogens with two attached hydrogens (primary N) is 1. The van der Waals surface area contributed by atoms with E-state index in [1.165, 1.54) is 19.2 Å². The van der Waals surface area contributed by atoms with Gasteiger partial charge in [0.05, 0.1) is 12.0 Å². The standard InChI is InChI=1S/C12H19N3O5S/c1-8(2)10(13)7-14-21(18,19)12-6-9(15(16)17)4-5-11(12)20-3/h4-6,8,10,14H,7,13H2,1-3H3. The zero-order chi connectivity index (χ0) is 16.2. The SMILES string of the molecule is COc1ccc([N+](=O)[O-])cc1S(=O)(=O)NCC(N)C(C)C. The number of methoxy groups -OCH3 is 1. The van der Waals surface area contributed by atoms with E-state index in [0.29, 0.717) is 0 Å². The van der Waals surface area contributed by atoms with Gasteiger partial charge >= 0.3 is 0 Å². The van der Waals surface area contributed by atoms with E-state index >= 15 is 0 Å². The molecule has 0 spiro atoms. The maximum Gasteiger partial charge on any atom is 0.271 e. The minimum absolute atomic E-state index is 0.0335. The number of nitrogens with one attached hydrogen (secondary N) is 1. The van der Waals surface area contributed by atoms with Gasteiger partial charge in [0.25, 0.3) is 5.69 Å². The average molecular weight is 317 g/mol. The Hall–Kier alpha value is -1.71. The van der Waals surface area contributed by atoms with E-state index in [2.05, 4.69) is 4.72 Å². The first-order valence-corrected chi connectivity index (χ1v) is 7.75. The Balaban J connectivity index is 3.11. The number of hydrogen-bond donors (Lipinski definition) is 2. The largest absolute Gasteiger partial charge is 0.495 e. The Bertz CT molecular complexity index is 615. The molecule has 118 valence electrons. The molecule has 0 saturated carbocycles. The third-order valence-corrected chi connectivity index (χ3v) is 4.46. The van der Waals surface area contributed by atoms with Gasteiger partial charge in [-0.3, -0.25) is 10.1 Å². The molecule has 0 aliphatic heterocycles. The first kappa shape index (κ1) is 17.3. The monoisotopic (exact) mass is 317 g/mol. The van der Waals surface area contributed by atoms with E-state index < -0.39 is 14.9 Å². The van der Waals surface area contributed by atoms with Gasteiger partial charge < -0.3 is 10.5 Å². The Morgan fingerprint density at radius 3 is 2.52 bits per heavy atom. The summed E-state index contributed by atoms with van der Waals surface area (Å²) in [5.74, 6) is 0.130. The first-order chi connectivity index (χ1) is 9.69. The topological polar surface area (TPSA) is 125 Å². The Labute approximate surface area is 123 Å². The summed E-state index contributed by atoms with van der Waals surface area (Å²) in [4.78, 5) is 9.81. The summed E-state index contributed by atoms with van der Waals surface area (Å²) in [7, 11) is -2.66. The molecule has 8 nitrogen and oxygen atoms in total. The van der Waals surface area contributed by atoms with E-state index in [1.807, 2.05) is 13.8 Å². The Kier molecular flexibility index (Phi) is 5.64. The minimum Gasteiger partial charge on any atom is -0.495 e. The van der Waals surface area contributed by atoms with Crippen molar-refractivity contribution in [2.45, 2.75) is 24.8 Å². The van der Waals surface area contributed by atoms with E-state index in [-0.39, 0.29) is 34.8 Å². The van der Waals surface area contributed by atoms with Gasteiger partial charge in [-0.1, -0.05) is 13.8 Å². The van der Waals surface area contributed by atoms with Crippen molar-refractivity contribution >= 4 is 15.7 Å². The van der Waals surface area contributed by atoms with Crippen LogP contribution < -0.4 is 15.2 Å². The summed E-state index contributed by atoms with van der Waals surface area (Å²) < 4.78 is 31.8. The Morgan fingerprint density at radius 1 is 1.43 bits per heavy atom. The lowest BCUT2D eigenvalue weighted by Gasteiger charge is -2.17. The smallest absolute Gasteiger partial charge is 0.271 e. The first-order valence-electron chi connectivity index (χ1n) is 6.26. The summed E-state index contributed by atoms with van der Waals surface area (Å²) in [6.45, 7) is 3.77. The van der Waals surface area contributed by atoms with Crippen molar-refractivity contribution in [3.63, 3.8) is 0 Å².